The smallest absolute Gasteiger partial charge is 0.387 e. The Morgan fingerprint density at radius 1 is 0.929 bits per heavy atom. The Morgan fingerprint density at radius 2 is 1.57 bits per heavy atom. The van der Waals surface area contributed by atoms with E-state index in [9.17, 15) is 19.7 Å². The van der Waals surface area contributed by atoms with E-state index in [2.05, 4.69) is 22.0 Å². The minimum absolute atomic E-state index is 0.0566. The Hall–Kier alpha value is -3.03. The third-order valence-electron chi connectivity index (χ3n) is 10.3. The lowest BCUT2D eigenvalue weighted by Crippen LogP contribution is -2.44. The van der Waals surface area contributed by atoms with E-state index >= 15 is 0 Å². The van der Waals surface area contributed by atoms with Crippen molar-refractivity contribution in [2.75, 3.05) is 32.2 Å². The zero-order valence-corrected chi connectivity index (χ0v) is 34.1. The molecular weight excluding hydrogens is 739 g/mol. The van der Waals surface area contributed by atoms with Crippen LogP contribution in [0.15, 0.2) is 36.8 Å². The van der Waals surface area contributed by atoms with Crippen LogP contribution in [0, 0.1) is 11.3 Å². The summed E-state index contributed by atoms with van der Waals surface area (Å²) in [6.07, 6.45) is 18.5. The van der Waals surface area contributed by atoms with Crippen molar-refractivity contribution in [2.45, 2.75) is 153 Å². The van der Waals surface area contributed by atoms with E-state index in [0.29, 0.717) is 29.1 Å². The fraction of sp³-hybridized carbons (Fsp3) is 0.700. The van der Waals surface area contributed by atoms with Crippen LogP contribution in [-0.2, 0) is 34.4 Å². The van der Waals surface area contributed by atoms with Gasteiger partial charge in [0.05, 0.1) is 43.4 Å². The molecule has 1 saturated heterocycles. The number of hydrogen-bond donors (Lipinski definition) is 4. The molecule has 0 bridgehead atoms. The van der Waals surface area contributed by atoms with Gasteiger partial charge in [0.1, 0.15) is 47.9 Å². The average Bonchev–Trinajstić information content (AvgIpc) is 3.73. The first-order valence-electron chi connectivity index (χ1n) is 20.3. The van der Waals surface area contributed by atoms with Gasteiger partial charge in [-0.3, -0.25) is 14.0 Å². The summed E-state index contributed by atoms with van der Waals surface area (Å²) in [6.45, 7) is 3.47. The highest BCUT2D eigenvalue weighted by Gasteiger charge is 2.53. The van der Waals surface area contributed by atoms with Crippen LogP contribution in [0.5, 0.6) is 0 Å². The number of aliphatic hydroxyl groups excluding tert-OH is 2. The van der Waals surface area contributed by atoms with Crippen molar-refractivity contribution in [3.05, 3.63) is 53.7 Å². The number of phosphoric acid groups is 1. The van der Waals surface area contributed by atoms with Crippen LogP contribution in [0.1, 0.15) is 140 Å². The van der Waals surface area contributed by atoms with Gasteiger partial charge in [-0.2, -0.15) is 10.4 Å². The molecule has 4 heterocycles. The van der Waals surface area contributed by atoms with Gasteiger partial charge >= 0.3 is 7.82 Å². The molecule has 0 aromatic carbocycles. The Morgan fingerprint density at radius 3 is 2.18 bits per heavy atom. The number of anilines is 1. The van der Waals surface area contributed by atoms with Gasteiger partial charge in [-0.1, -0.05) is 103 Å². The molecule has 16 heteroatoms. The van der Waals surface area contributed by atoms with Crippen LogP contribution in [0.25, 0.3) is 5.52 Å². The highest BCUT2D eigenvalue weighted by molar-refractivity contribution is 7.47. The van der Waals surface area contributed by atoms with Crippen LogP contribution in [-0.4, -0.2) is 85.0 Å². The topological polar surface area (TPSA) is 217 Å². The van der Waals surface area contributed by atoms with Crippen molar-refractivity contribution in [3.63, 3.8) is 0 Å². The number of pyridine rings is 1. The molecule has 1 unspecified atom stereocenters. The third-order valence-corrected chi connectivity index (χ3v) is 11.2. The molecule has 1 aliphatic rings. The number of nitrogens with zero attached hydrogens (tertiary/aromatic N) is 5. The summed E-state index contributed by atoms with van der Waals surface area (Å²) >= 11 is 0. The second-order valence-electron chi connectivity index (χ2n) is 15.0. The minimum atomic E-state index is -4.70. The summed E-state index contributed by atoms with van der Waals surface area (Å²) in [5, 5.41) is 35.1. The number of rotatable bonds is 29. The van der Waals surface area contributed by atoms with Gasteiger partial charge in [0.2, 0.25) is 0 Å². The molecule has 1 fully saturated rings. The van der Waals surface area contributed by atoms with Crippen LogP contribution < -0.4 is 5.73 Å². The molecule has 15 nitrogen and oxygen atoms in total. The number of fused-ring (bicyclic) bond motifs is 1. The molecule has 0 amide bonds. The number of nitrogen functional groups attached to an aromatic ring is 1. The van der Waals surface area contributed by atoms with E-state index in [1.807, 2.05) is 6.07 Å². The molecule has 1 aliphatic heterocycles. The quantitative estimate of drug-likeness (QED) is 0.0406. The number of nitrogens with two attached hydrogens (primary N) is 1. The summed E-state index contributed by atoms with van der Waals surface area (Å²) in [7, 11) is -4.70. The van der Waals surface area contributed by atoms with Crippen LogP contribution >= 0.6 is 7.82 Å². The van der Waals surface area contributed by atoms with E-state index in [0.717, 1.165) is 19.3 Å². The van der Waals surface area contributed by atoms with Gasteiger partial charge in [-0.05, 0) is 37.6 Å². The molecule has 0 aliphatic carbocycles. The summed E-state index contributed by atoms with van der Waals surface area (Å²) in [4.78, 5) is 18.8. The normalized spacial score (nSPS) is 21.3. The number of aromatic nitrogens is 4. The Kier molecular flexibility index (Phi) is 19.6. The summed E-state index contributed by atoms with van der Waals surface area (Å²) < 4.78 is 43.0. The Bertz CT molecular complexity index is 1660. The van der Waals surface area contributed by atoms with E-state index < -0.39 is 44.4 Å². The van der Waals surface area contributed by atoms with Gasteiger partial charge in [0.25, 0.3) is 0 Å². The average molecular weight is 803 g/mol. The van der Waals surface area contributed by atoms with E-state index in [4.69, 9.17) is 34.3 Å². The molecule has 0 saturated carbocycles. The number of hydrogen-bond acceptors (Lipinski definition) is 13. The molecular formula is C40H63N6O9P. The largest absolute Gasteiger partial charge is 0.472 e. The van der Waals surface area contributed by atoms with Gasteiger partial charge in [-0.15, -0.1) is 0 Å². The Balaban J connectivity index is 1.16. The molecule has 56 heavy (non-hydrogen) atoms. The maximum atomic E-state index is 13.1. The first kappa shape index (κ1) is 45.7. The standard InChI is InChI=1S/C40H63N6O9P/c1-3-4-5-6-7-8-9-10-11-12-13-14-15-16-17-18-23-51-27-33(52-26-32-20-19-31(24-41)25-43-32)28-53-56(49,50)54-29-40(2)38(48)36(47)37(55-40)34-21-22-35-39(42)44-30-45-46(34)35/h19-22,25,30,33,36-38,47-48H,3-18,23,26-29H2,1-2H3,(H,49,50)(H2,42,44,45)/t33-,36-,37-,38-,40+/m0/s1. The van der Waals surface area contributed by atoms with Gasteiger partial charge in [0, 0.05) is 12.8 Å². The predicted octanol–water partition coefficient (Wildman–Crippen LogP) is 7.13. The fourth-order valence-corrected chi connectivity index (χ4v) is 7.66. The molecule has 4 rings (SSSR count). The fourth-order valence-electron chi connectivity index (χ4n) is 6.81. The molecule has 3 aromatic rings. The minimum Gasteiger partial charge on any atom is -0.387 e. The highest BCUT2D eigenvalue weighted by atomic mass is 31.2. The van der Waals surface area contributed by atoms with Crippen molar-refractivity contribution in [1.29, 1.82) is 5.26 Å². The molecule has 5 N–H and O–H groups in total. The monoisotopic (exact) mass is 802 g/mol. The van der Waals surface area contributed by atoms with Crippen molar-refractivity contribution >= 4 is 19.2 Å². The highest BCUT2D eigenvalue weighted by Crippen LogP contribution is 2.47. The lowest BCUT2D eigenvalue weighted by atomic mass is 9.97. The molecule has 312 valence electrons. The predicted molar refractivity (Wildman–Crippen MR) is 211 cm³/mol. The maximum absolute atomic E-state index is 13.1. The van der Waals surface area contributed by atoms with Gasteiger partial charge < -0.3 is 35.1 Å². The summed E-state index contributed by atoms with van der Waals surface area (Å²) in [5.41, 5.74) is 6.23. The van der Waals surface area contributed by atoms with Crippen molar-refractivity contribution in [2.24, 2.45) is 0 Å². The second-order valence-corrected chi connectivity index (χ2v) is 16.4. The third kappa shape index (κ3) is 14.7. The zero-order chi connectivity index (χ0) is 40.2. The van der Waals surface area contributed by atoms with E-state index in [1.54, 1.807) is 24.3 Å². The van der Waals surface area contributed by atoms with Crippen LogP contribution in [0.4, 0.5) is 5.82 Å². The van der Waals surface area contributed by atoms with Crippen molar-refractivity contribution < 1.29 is 42.9 Å². The van der Waals surface area contributed by atoms with Crippen LogP contribution in [0.2, 0.25) is 0 Å². The van der Waals surface area contributed by atoms with Crippen molar-refractivity contribution in [1.82, 2.24) is 19.6 Å². The number of phosphoric ester groups is 1. The number of nitriles is 1. The lowest BCUT2D eigenvalue weighted by molar-refractivity contribution is -0.102. The molecule has 0 radical (unpaired) electrons. The second kappa shape index (κ2) is 24.0. The SMILES string of the molecule is CCCCCCCCCCCCCCCCCCOC[C@@H](COP(=O)(O)OC[C@@]1(C)O[C@@H](c2ccc3c(N)ncnn23)[C@H](O)[C@@H]1O)OCc1ccc(C#N)cn1. The van der Waals surface area contributed by atoms with E-state index in [-0.39, 0.29) is 25.6 Å². The zero-order valence-electron chi connectivity index (χ0n) is 33.2. The van der Waals surface area contributed by atoms with Crippen molar-refractivity contribution in [3.8, 4) is 6.07 Å². The molecule has 3 aromatic heterocycles. The Labute approximate surface area is 331 Å². The summed E-state index contributed by atoms with van der Waals surface area (Å²) in [6, 6.07) is 8.63. The number of unbranched alkanes of at least 4 members (excludes halogenated alkanes) is 15. The number of aliphatic hydroxyl groups is 2. The first-order chi connectivity index (χ1) is 27.1. The first-order valence-corrected chi connectivity index (χ1v) is 21.8. The number of ether oxygens (including phenoxy) is 3. The van der Waals surface area contributed by atoms with Gasteiger partial charge in [0.15, 0.2) is 5.82 Å². The molecule has 6 atom stereocenters. The lowest BCUT2D eigenvalue weighted by Gasteiger charge is -2.28. The van der Waals surface area contributed by atoms with Crippen LogP contribution in [0.3, 0.4) is 0 Å². The summed E-state index contributed by atoms with van der Waals surface area (Å²) in [5.74, 6) is 0.227. The molecule has 0 spiro atoms. The van der Waals surface area contributed by atoms with E-state index in [1.165, 1.54) is 107 Å². The van der Waals surface area contributed by atoms with Gasteiger partial charge in [-0.25, -0.2) is 14.1 Å². The maximum Gasteiger partial charge on any atom is 0.472 e.